The molecule has 0 bridgehead atoms. The lowest BCUT2D eigenvalue weighted by Gasteiger charge is -2.07. The zero-order valence-corrected chi connectivity index (χ0v) is 64.7. The standard InChI is InChI=1S/C10H5F3O2.C9H4Br2O2.C9H5BrO2.C9H2F4O2.2C9H4F2O2.C9H5FO2.C9H5IO2.C8H5NO2/c11-10(12,13)5-1-2-6-7(3-5)9(15)4-8(6)14;10-6-1-4-5(2-7(6)11)9(13)3-8(4)12;10-5-1-2-6-7(3-5)9(12)4-8(6)11;10-6-4-2(14)1-3(15)5(4)7(11)9(13)8(6)12;10-6-1-4-5(2-7(6)11)9(13)3-8(4)12;10-4-1-2-5(11)9-7(13)3-6(12)8(4)9;2*10-5-1-2-6-7(3-5)9(12)4-8(6)11;10-6-4-7(11)8-5(6)2-1-3-9-8/h1-3H,4H2;1-2H,3H2;1-3H,4H2;1H2;2*1-2H,3H2;2*1-3H,4H2;1-3H,4H2. The lowest BCUT2D eigenvalue weighted by Crippen LogP contribution is -2.07. The molecule has 0 atom stereocenters. The van der Waals surface area contributed by atoms with Crippen molar-refractivity contribution in [1.82, 2.24) is 4.98 Å². The fraction of sp³-hybridized carbons (Fsp3) is 0.123. The number of rotatable bonds is 0. The molecule has 9 aliphatic rings. The van der Waals surface area contributed by atoms with Gasteiger partial charge in [0.15, 0.2) is 139 Å². The van der Waals surface area contributed by atoms with Crippen LogP contribution in [-0.4, -0.2) is 109 Å². The van der Waals surface area contributed by atoms with Crippen molar-refractivity contribution in [3.05, 3.63) is 303 Å². The molecule has 19 nitrogen and oxygen atoms in total. The van der Waals surface area contributed by atoms with Crippen LogP contribution in [0.15, 0.2) is 141 Å². The normalized spacial score (nSPS) is 15.1. The van der Waals surface area contributed by atoms with Crippen LogP contribution in [0.4, 0.5) is 52.7 Å². The van der Waals surface area contributed by atoms with Crippen molar-refractivity contribution in [3.63, 3.8) is 0 Å². The summed E-state index contributed by atoms with van der Waals surface area (Å²) in [6.07, 6.45) is -4.77. The van der Waals surface area contributed by atoms with Crippen LogP contribution in [0.3, 0.4) is 0 Å². The molecule has 116 heavy (non-hydrogen) atoms. The summed E-state index contributed by atoms with van der Waals surface area (Å²) in [4.78, 5) is 204. The highest BCUT2D eigenvalue weighted by Crippen LogP contribution is 2.37. The van der Waals surface area contributed by atoms with Gasteiger partial charge in [-0.1, -0.05) is 22.0 Å². The van der Waals surface area contributed by atoms with E-state index in [0.29, 0.717) is 50.2 Å². The second-order valence-electron chi connectivity index (χ2n) is 25.3. The van der Waals surface area contributed by atoms with E-state index in [0.717, 1.165) is 65.5 Å². The van der Waals surface area contributed by atoms with Gasteiger partial charge in [-0.3, -0.25) is 91.3 Å². The van der Waals surface area contributed by atoms with Gasteiger partial charge in [-0.05, 0) is 170 Å². The monoisotopic (exact) mass is 1900 g/mol. The van der Waals surface area contributed by atoms with E-state index in [1.165, 1.54) is 18.3 Å². The largest absolute Gasteiger partial charge is 0.416 e. The second kappa shape index (κ2) is 35.2. The summed E-state index contributed by atoms with van der Waals surface area (Å²) in [5, 5.41) is 0. The number of pyridine rings is 1. The first-order valence-electron chi connectivity index (χ1n) is 32.9. The van der Waals surface area contributed by atoms with Crippen LogP contribution >= 0.6 is 70.4 Å². The third kappa shape index (κ3) is 18.5. The molecule has 8 aromatic carbocycles. The maximum atomic E-state index is 13.0. The van der Waals surface area contributed by atoms with E-state index in [2.05, 4.69) is 75.4 Å². The minimum atomic E-state index is -4.49. The lowest BCUT2D eigenvalue weighted by molar-refractivity contribution is -0.137. The van der Waals surface area contributed by atoms with E-state index in [9.17, 15) is 139 Å². The summed E-state index contributed by atoms with van der Waals surface area (Å²) < 4.78 is 155. The predicted molar refractivity (Wildman–Crippen MR) is 396 cm³/mol. The number of halogens is 16. The summed E-state index contributed by atoms with van der Waals surface area (Å²) in [5.41, 5.74) is 0.990. The van der Waals surface area contributed by atoms with E-state index in [-0.39, 0.29) is 131 Å². The molecular formula is C81H39Br3F12INO18. The first kappa shape index (κ1) is 86.7. The molecule has 1 aromatic heterocycles. The van der Waals surface area contributed by atoms with E-state index in [1.807, 2.05) is 6.07 Å². The van der Waals surface area contributed by atoms with Gasteiger partial charge < -0.3 is 0 Å². The number of carbonyl (C=O) groups is 18. The van der Waals surface area contributed by atoms with Gasteiger partial charge in [0.05, 0.1) is 85.6 Å². The minimum absolute atomic E-state index is 0.00759. The van der Waals surface area contributed by atoms with Gasteiger partial charge in [0.25, 0.3) is 0 Å². The van der Waals surface area contributed by atoms with Crippen molar-refractivity contribution in [2.75, 3.05) is 0 Å². The third-order valence-corrected chi connectivity index (χ3v) is 20.8. The van der Waals surface area contributed by atoms with Crippen molar-refractivity contribution in [2.45, 2.75) is 64.0 Å². The number of hydrogen-bond donors (Lipinski definition) is 0. The lowest BCUT2D eigenvalue weighted by atomic mass is 10.1. The van der Waals surface area contributed by atoms with Crippen molar-refractivity contribution < 1.29 is 139 Å². The Labute approximate surface area is 680 Å². The fourth-order valence-corrected chi connectivity index (χ4v) is 13.8. The molecule has 0 unspecified atom stereocenters. The number of nitrogens with zero attached hydrogens (tertiary/aromatic N) is 1. The predicted octanol–water partition coefficient (Wildman–Crippen LogP) is 17.7. The number of ketones is 18. The number of fused-ring (bicyclic) bond motifs is 9. The van der Waals surface area contributed by atoms with Crippen LogP contribution in [0.25, 0.3) is 0 Å². The highest BCUT2D eigenvalue weighted by Gasteiger charge is 2.40. The Kier molecular flexibility index (Phi) is 26.3. The molecule has 1 heterocycles. The Balaban J connectivity index is 0.000000138. The molecule has 0 radical (unpaired) electrons. The van der Waals surface area contributed by atoms with Crippen LogP contribution in [0.5, 0.6) is 0 Å². The Morgan fingerprint density at radius 1 is 0.276 bits per heavy atom. The van der Waals surface area contributed by atoms with Crippen molar-refractivity contribution in [2.24, 2.45) is 0 Å². The van der Waals surface area contributed by atoms with Gasteiger partial charge in [0, 0.05) is 95.5 Å². The molecule has 0 saturated heterocycles. The SMILES string of the molecule is O=C1CC(=O)c2c(F)c(F)c(F)c(F)c21.O=C1CC(=O)c2c(F)ccc(F)c21.O=C1CC(=O)c2cc(Br)c(Br)cc21.O=C1CC(=O)c2cc(Br)ccc21.O=C1CC(=O)c2cc(C(F)(F)F)ccc21.O=C1CC(=O)c2cc(F)c(F)cc21.O=C1CC(=O)c2cc(F)ccc21.O=C1CC(=O)c2cc(I)ccc21.O=C1CC(=O)c2ncccc21. The molecular weight excluding hydrogens is 1870 g/mol. The maximum Gasteiger partial charge on any atom is 0.416 e. The summed E-state index contributed by atoms with van der Waals surface area (Å²) >= 11 is 11.9. The van der Waals surface area contributed by atoms with Crippen molar-refractivity contribution in [3.8, 4) is 0 Å². The molecule has 588 valence electrons. The van der Waals surface area contributed by atoms with Crippen LogP contribution in [0, 0.1) is 55.9 Å². The van der Waals surface area contributed by atoms with Gasteiger partial charge in [-0.25, -0.2) is 39.5 Å². The van der Waals surface area contributed by atoms with E-state index >= 15 is 0 Å². The number of alkyl halides is 3. The number of benzene rings is 8. The summed E-state index contributed by atoms with van der Waals surface area (Å²) in [7, 11) is 0. The van der Waals surface area contributed by atoms with Crippen molar-refractivity contribution in [1.29, 1.82) is 0 Å². The Morgan fingerprint density at radius 2 is 0.586 bits per heavy atom. The average molecular weight is 1910 g/mol. The van der Waals surface area contributed by atoms with Crippen LogP contribution < -0.4 is 0 Å². The molecule has 0 N–H and O–H groups in total. The van der Waals surface area contributed by atoms with E-state index in [1.54, 1.807) is 54.6 Å². The van der Waals surface area contributed by atoms with E-state index < -0.39 is 145 Å². The third-order valence-electron chi connectivity index (χ3n) is 17.8. The number of Topliss-reactive ketones (excluding diaryl/α,β-unsaturated/α-hetero) is 18. The number of carbonyl (C=O) groups excluding carboxylic acids is 18. The number of hydrogen-bond acceptors (Lipinski definition) is 19. The summed E-state index contributed by atoms with van der Waals surface area (Å²) in [6.45, 7) is 0. The minimum Gasteiger partial charge on any atom is -0.294 e. The van der Waals surface area contributed by atoms with Crippen LogP contribution in [-0.2, 0) is 6.18 Å². The van der Waals surface area contributed by atoms with Crippen LogP contribution in [0.1, 0.15) is 250 Å². The smallest absolute Gasteiger partial charge is 0.294 e. The molecule has 35 heteroatoms. The Hall–Kier alpha value is -11.7. The molecule has 0 amide bonds. The Morgan fingerprint density at radius 3 is 0.991 bits per heavy atom. The molecule has 0 aliphatic heterocycles. The summed E-state index contributed by atoms with van der Waals surface area (Å²) in [6, 6.07) is 26.7. The number of aromatic nitrogens is 1. The zero-order valence-electron chi connectivity index (χ0n) is 57.8. The first-order valence-corrected chi connectivity index (χ1v) is 36.4. The average Bonchev–Trinajstić information content (AvgIpc) is 1.58. The fourth-order valence-electron chi connectivity index (χ4n) is 12.3. The molecule has 0 spiro atoms. The highest BCUT2D eigenvalue weighted by molar-refractivity contribution is 14.1. The van der Waals surface area contributed by atoms with Crippen LogP contribution in [0.2, 0.25) is 0 Å². The Bertz CT molecular complexity index is 5580. The highest BCUT2D eigenvalue weighted by atomic mass is 127. The molecule has 9 aliphatic carbocycles. The molecule has 9 aromatic rings. The molecule has 0 fully saturated rings. The zero-order chi connectivity index (χ0) is 85.3. The quantitative estimate of drug-likeness (QED) is 0.0447. The maximum absolute atomic E-state index is 13.0. The summed E-state index contributed by atoms with van der Waals surface area (Å²) in [5.74, 6) is -18.5. The topological polar surface area (TPSA) is 320 Å². The molecule has 18 rings (SSSR count). The van der Waals surface area contributed by atoms with Gasteiger partial charge in [0.2, 0.25) is 0 Å². The van der Waals surface area contributed by atoms with Gasteiger partial charge in [0.1, 0.15) is 23.1 Å². The van der Waals surface area contributed by atoms with E-state index in [4.69, 9.17) is 0 Å². The van der Waals surface area contributed by atoms with Crippen molar-refractivity contribution >= 4 is 174 Å². The second-order valence-corrected chi connectivity index (χ2v) is 29.2. The first-order chi connectivity index (χ1) is 54.5. The molecule has 0 saturated carbocycles. The van der Waals surface area contributed by atoms with Gasteiger partial charge in [-0.15, -0.1) is 0 Å². The van der Waals surface area contributed by atoms with Gasteiger partial charge in [-0.2, -0.15) is 13.2 Å². The van der Waals surface area contributed by atoms with Gasteiger partial charge >= 0.3 is 6.18 Å².